The Bertz CT molecular complexity index is 882. The molecule has 2 aromatic carbocycles. The van der Waals surface area contributed by atoms with E-state index in [4.69, 9.17) is 9.84 Å². The average Bonchev–Trinajstić information content (AvgIpc) is 2.97. The number of ether oxygens (including phenoxy) is 1. The van der Waals surface area contributed by atoms with Gasteiger partial charge in [-0.25, -0.2) is 0 Å². The van der Waals surface area contributed by atoms with Crippen LogP contribution in [0.4, 0.5) is 5.69 Å². The molecule has 0 aliphatic rings. The number of hydrogen-bond acceptors (Lipinski definition) is 3. The molecule has 28 heavy (non-hydrogen) atoms. The minimum atomic E-state index is 0.248. The van der Waals surface area contributed by atoms with Gasteiger partial charge in [0.15, 0.2) is 0 Å². The molecule has 1 heterocycles. The zero-order valence-corrected chi connectivity index (χ0v) is 17.6. The molecule has 0 radical (unpaired) electrons. The Morgan fingerprint density at radius 1 is 0.964 bits per heavy atom. The highest BCUT2D eigenvalue weighted by atomic mass is 16.5. The van der Waals surface area contributed by atoms with Crippen molar-refractivity contribution in [3.8, 4) is 11.5 Å². The lowest BCUT2D eigenvalue weighted by Gasteiger charge is -2.21. The molecule has 1 unspecified atom stereocenters. The summed E-state index contributed by atoms with van der Waals surface area (Å²) in [6.45, 7) is 10.8. The first-order valence-corrected chi connectivity index (χ1v) is 10.1. The lowest BCUT2D eigenvalue weighted by molar-refractivity contribution is 0.482. The molecule has 0 saturated heterocycles. The van der Waals surface area contributed by atoms with Crippen LogP contribution >= 0.6 is 0 Å². The zero-order valence-electron chi connectivity index (χ0n) is 17.6. The monoisotopic (exact) mass is 377 g/mol. The van der Waals surface area contributed by atoms with E-state index in [9.17, 15) is 0 Å². The third-order valence-electron chi connectivity index (χ3n) is 4.97. The minimum Gasteiger partial charge on any atom is -0.457 e. The summed E-state index contributed by atoms with van der Waals surface area (Å²) in [5.74, 6) is 1.70. The smallest absolute Gasteiger partial charge is 0.127 e. The first kappa shape index (κ1) is 20.0. The number of hydrogen-bond donors (Lipinski definition) is 1. The fourth-order valence-corrected chi connectivity index (χ4v) is 3.55. The van der Waals surface area contributed by atoms with E-state index in [-0.39, 0.29) is 6.04 Å². The molecule has 148 valence electrons. The van der Waals surface area contributed by atoms with Crippen LogP contribution in [0.2, 0.25) is 0 Å². The van der Waals surface area contributed by atoms with E-state index in [0.717, 1.165) is 35.7 Å². The number of aromatic nitrogens is 2. The number of aryl methyl sites for hydroxylation is 1. The lowest BCUT2D eigenvalue weighted by atomic mass is 10.0. The van der Waals surface area contributed by atoms with Gasteiger partial charge in [-0.2, -0.15) is 5.10 Å². The molecule has 1 aromatic heterocycles. The van der Waals surface area contributed by atoms with Gasteiger partial charge < -0.3 is 10.1 Å². The van der Waals surface area contributed by atoms with E-state index < -0.39 is 0 Å². The Kier molecular flexibility index (Phi) is 6.40. The summed E-state index contributed by atoms with van der Waals surface area (Å²) in [7, 11) is 0. The largest absolute Gasteiger partial charge is 0.457 e. The van der Waals surface area contributed by atoms with E-state index in [0.29, 0.717) is 6.04 Å². The molecular weight excluding hydrogens is 346 g/mol. The molecule has 0 spiro atoms. The normalized spacial score (nSPS) is 12.2. The Labute approximate surface area is 168 Å². The maximum absolute atomic E-state index is 5.93. The molecule has 0 amide bonds. The van der Waals surface area contributed by atoms with E-state index in [1.54, 1.807) is 0 Å². The van der Waals surface area contributed by atoms with Gasteiger partial charge in [0.1, 0.15) is 11.5 Å². The SMILES string of the molecule is CCCC(Nc1c(C)nn(C(C)C)c1C)c1ccc(Oc2ccccc2)cc1. The summed E-state index contributed by atoms with van der Waals surface area (Å²) < 4.78 is 8.02. The first-order chi connectivity index (χ1) is 13.5. The van der Waals surface area contributed by atoms with Crippen molar-refractivity contribution in [3.05, 3.63) is 71.5 Å². The maximum Gasteiger partial charge on any atom is 0.127 e. The topological polar surface area (TPSA) is 39.1 Å². The van der Waals surface area contributed by atoms with Gasteiger partial charge in [0.2, 0.25) is 0 Å². The Morgan fingerprint density at radius 2 is 1.61 bits per heavy atom. The quantitative estimate of drug-likeness (QED) is 0.468. The fraction of sp³-hybridized carbons (Fsp3) is 0.375. The van der Waals surface area contributed by atoms with Gasteiger partial charge in [-0.05, 0) is 63.9 Å². The summed E-state index contributed by atoms with van der Waals surface area (Å²) in [6.07, 6.45) is 2.17. The Balaban J connectivity index is 1.79. The Hall–Kier alpha value is -2.75. The van der Waals surface area contributed by atoms with Crippen LogP contribution < -0.4 is 10.1 Å². The second-order valence-corrected chi connectivity index (χ2v) is 7.55. The maximum atomic E-state index is 5.93. The fourth-order valence-electron chi connectivity index (χ4n) is 3.55. The van der Waals surface area contributed by atoms with Crippen molar-refractivity contribution in [1.29, 1.82) is 0 Å². The molecule has 4 nitrogen and oxygen atoms in total. The highest BCUT2D eigenvalue weighted by molar-refractivity contribution is 5.54. The van der Waals surface area contributed by atoms with Gasteiger partial charge in [-0.1, -0.05) is 43.7 Å². The van der Waals surface area contributed by atoms with Gasteiger partial charge in [-0.3, -0.25) is 4.68 Å². The van der Waals surface area contributed by atoms with Crippen LogP contribution in [0.25, 0.3) is 0 Å². The van der Waals surface area contributed by atoms with Gasteiger partial charge in [0, 0.05) is 6.04 Å². The molecule has 3 rings (SSSR count). The van der Waals surface area contributed by atoms with Crippen LogP contribution in [0.15, 0.2) is 54.6 Å². The number of nitrogens with zero attached hydrogens (tertiary/aromatic N) is 2. The van der Waals surface area contributed by atoms with Crippen LogP contribution in [-0.2, 0) is 0 Å². The summed E-state index contributed by atoms with van der Waals surface area (Å²) in [4.78, 5) is 0. The highest BCUT2D eigenvalue weighted by Gasteiger charge is 2.18. The van der Waals surface area contributed by atoms with E-state index >= 15 is 0 Å². The van der Waals surface area contributed by atoms with Crippen LogP contribution in [-0.4, -0.2) is 9.78 Å². The second-order valence-electron chi connectivity index (χ2n) is 7.55. The predicted molar refractivity (Wildman–Crippen MR) is 116 cm³/mol. The van der Waals surface area contributed by atoms with Crippen molar-refractivity contribution in [2.45, 2.75) is 59.5 Å². The van der Waals surface area contributed by atoms with Gasteiger partial charge >= 0.3 is 0 Å². The van der Waals surface area contributed by atoms with Crippen LogP contribution in [0.3, 0.4) is 0 Å². The van der Waals surface area contributed by atoms with Gasteiger partial charge in [-0.15, -0.1) is 0 Å². The second kappa shape index (κ2) is 8.96. The van der Waals surface area contributed by atoms with E-state index in [1.807, 2.05) is 42.5 Å². The third-order valence-corrected chi connectivity index (χ3v) is 4.97. The average molecular weight is 378 g/mol. The van der Waals surface area contributed by atoms with Crippen molar-refractivity contribution in [3.63, 3.8) is 0 Å². The summed E-state index contributed by atoms with van der Waals surface area (Å²) >= 11 is 0. The number of para-hydroxylation sites is 1. The number of anilines is 1. The van der Waals surface area contributed by atoms with Crippen LogP contribution in [0, 0.1) is 13.8 Å². The number of rotatable bonds is 8. The summed E-state index contributed by atoms with van der Waals surface area (Å²) in [5.41, 5.74) is 4.66. The molecular formula is C24H31N3O. The molecule has 4 heteroatoms. The van der Waals surface area contributed by atoms with Gasteiger partial charge in [0.05, 0.1) is 23.1 Å². The molecule has 0 fully saturated rings. The van der Waals surface area contributed by atoms with Crippen molar-refractivity contribution in [2.24, 2.45) is 0 Å². The molecule has 0 bridgehead atoms. The number of benzene rings is 2. The van der Waals surface area contributed by atoms with Gasteiger partial charge in [0.25, 0.3) is 0 Å². The van der Waals surface area contributed by atoms with Crippen molar-refractivity contribution < 1.29 is 4.74 Å². The summed E-state index contributed by atoms with van der Waals surface area (Å²) in [6, 6.07) is 18.9. The zero-order chi connectivity index (χ0) is 20.1. The van der Waals surface area contributed by atoms with E-state index in [2.05, 4.69) is 56.8 Å². The van der Waals surface area contributed by atoms with Crippen molar-refractivity contribution in [1.82, 2.24) is 9.78 Å². The lowest BCUT2D eigenvalue weighted by Crippen LogP contribution is -2.12. The molecule has 3 aromatic rings. The molecule has 0 saturated carbocycles. The summed E-state index contributed by atoms with van der Waals surface area (Å²) in [5, 5.41) is 8.46. The van der Waals surface area contributed by atoms with E-state index in [1.165, 1.54) is 11.3 Å². The first-order valence-electron chi connectivity index (χ1n) is 10.1. The van der Waals surface area contributed by atoms with Crippen LogP contribution in [0.1, 0.15) is 62.6 Å². The third kappa shape index (κ3) is 4.56. The van der Waals surface area contributed by atoms with Crippen molar-refractivity contribution >= 4 is 5.69 Å². The molecule has 0 aliphatic carbocycles. The Morgan fingerprint density at radius 3 is 2.18 bits per heavy atom. The highest BCUT2D eigenvalue weighted by Crippen LogP contribution is 2.31. The molecule has 0 aliphatic heterocycles. The minimum absolute atomic E-state index is 0.248. The van der Waals surface area contributed by atoms with Crippen LogP contribution in [0.5, 0.6) is 11.5 Å². The standard InChI is InChI=1S/C24H31N3O/c1-6-10-23(25-24-18(4)26-27(17(2)3)19(24)5)20-13-15-22(16-14-20)28-21-11-8-7-9-12-21/h7-9,11-17,23,25H,6,10H2,1-5H3. The number of nitrogens with one attached hydrogen (secondary N) is 1. The molecule has 1 atom stereocenters. The predicted octanol–water partition coefficient (Wildman–Crippen LogP) is 6.83. The van der Waals surface area contributed by atoms with Crippen molar-refractivity contribution in [2.75, 3.05) is 5.32 Å². The molecule has 1 N–H and O–H groups in total.